The maximum absolute atomic E-state index is 9.97. The van der Waals surface area contributed by atoms with Crippen molar-refractivity contribution in [2.24, 2.45) is 0 Å². The topological polar surface area (TPSA) is 50.4 Å². The third-order valence-corrected chi connectivity index (χ3v) is 0.732. The van der Waals surface area contributed by atoms with Crippen molar-refractivity contribution in [3.05, 3.63) is 24.2 Å². The molecule has 0 bridgehead atoms. The van der Waals surface area contributed by atoms with Gasteiger partial charge in [0.05, 0.1) is 6.26 Å². The molecule has 4 heteroatoms. The Labute approximate surface area is 53.9 Å². The molecule has 1 aromatic heterocycles. The molecule has 0 unspecified atom stereocenters. The van der Waals surface area contributed by atoms with E-state index in [1.807, 2.05) is 0 Å². The monoisotopic (exact) mass is 123 g/mol. The van der Waals surface area contributed by atoms with Gasteiger partial charge >= 0.3 is 5.97 Å². The minimum Gasteiger partial charge on any atom is -0.475 e. The molecule has 1 N–H and O–H groups in total. The fraction of sp³-hybridized carbons (Fsp3) is 0. The molecule has 0 aliphatic heterocycles. The van der Waals surface area contributed by atoms with Crippen molar-refractivity contribution in [2.75, 3.05) is 0 Å². The van der Waals surface area contributed by atoms with Crippen LogP contribution in [0.15, 0.2) is 22.8 Å². The van der Waals surface area contributed by atoms with Crippen LogP contribution in [0.3, 0.4) is 0 Å². The first kappa shape index (κ1) is 7.81. The summed E-state index contributed by atoms with van der Waals surface area (Å²) in [6, 6.07) is 2.92. The first-order chi connectivity index (χ1) is 3.80. The van der Waals surface area contributed by atoms with Gasteiger partial charge in [0.2, 0.25) is 5.76 Å². The van der Waals surface area contributed by atoms with E-state index in [0.717, 1.165) is 0 Å². The van der Waals surface area contributed by atoms with Crippen molar-refractivity contribution in [3.63, 3.8) is 0 Å². The molecule has 1 heterocycles. The van der Waals surface area contributed by atoms with Gasteiger partial charge < -0.3 is 9.52 Å². The van der Waals surface area contributed by atoms with Gasteiger partial charge in [0.25, 0.3) is 0 Å². The molecule has 0 fully saturated rings. The van der Waals surface area contributed by atoms with Crippen LogP contribution in [0.5, 0.6) is 0 Å². The van der Waals surface area contributed by atoms with Crippen LogP contribution in [0, 0.1) is 0 Å². The number of hydrogen-bond acceptors (Lipinski definition) is 2. The smallest absolute Gasteiger partial charge is 0.371 e. The molecule has 0 aliphatic carbocycles. The molecule has 9 heavy (non-hydrogen) atoms. The van der Waals surface area contributed by atoms with E-state index in [9.17, 15) is 4.79 Å². The van der Waals surface area contributed by atoms with E-state index in [-0.39, 0.29) is 14.2 Å². The summed E-state index contributed by atoms with van der Waals surface area (Å²) in [5.74, 6) is -1.06. The van der Waals surface area contributed by atoms with E-state index in [0.29, 0.717) is 0 Å². The Balaban J connectivity index is 0.000000640. The Morgan fingerprint density at radius 2 is 2.33 bits per heavy atom. The molecular weight excluding hydrogens is 119 g/mol. The Morgan fingerprint density at radius 1 is 1.67 bits per heavy atom. The second-order valence-electron chi connectivity index (χ2n) is 1.28. The van der Waals surface area contributed by atoms with E-state index < -0.39 is 5.97 Å². The lowest BCUT2D eigenvalue weighted by atomic mass is 10.5. The second kappa shape index (κ2) is 2.97. The summed E-state index contributed by atoms with van der Waals surface area (Å²) in [6.45, 7) is 0. The van der Waals surface area contributed by atoms with E-state index in [1.54, 1.807) is 0 Å². The average Bonchev–Trinajstić information content (AvgIpc) is 2.12. The van der Waals surface area contributed by atoms with Gasteiger partial charge in [-0.3, -0.25) is 0 Å². The summed E-state index contributed by atoms with van der Waals surface area (Å²) in [6.07, 6.45) is 1.32. The predicted molar refractivity (Wildman–Crippen MR) is 31.4 cm³/mol. The summed E-state index contributed by atoms with van der Waals surface area (Å²) in [5.41, 5.74) is 0. The normalized spacial score (nSPS) is 8.00. The third-order valence-electron chi connectivity index (χ3n) is 0.732. The highest BCUT2D eigenvalue weighted by molar-refractivity contribution is 5.84. The molecule has 0 aromatic carbocycles. The van der Waals surface area contributed by atoms with Gasteiger partial charge in [-0.25, -0.2) is 4.79 Å². The van der Waals surface area contributed by atoms with Crippen LogP contribution in [-0.2, 0) is 0 Å². The number of carbonyl (C=O) groups is 1. The van der Waals surface area contributed by atoms with Crippen LogP contribution >= 0.6 is 0 Å². The van der Waals surface area contributed by atoms with Crippen molar-refractivity contribution in [3.8, 4) is 0 Å². The van der Waals surface area contributed by atoms with Gasteiger partial charge in [0.1, 0.15) is 0 Å². The van der Waals surface area contributed by atoms with Gasteiger partial charge in [0, 0.05) is 8.41 Å². The molecule has 0 amide bonds. The van der Waals surface area contributed by atoms with E-state index in [4.69, 9.17) is 5.11 Å². The molecule has 1 aromatic rings. The van der Waals surface area contributed by atoms with Crippen LogP contribution in [0.2, 0.25) is 0 Å². The lowest BCUT2D eigenvalue weighted by Crippen LogP contribution is -1.90. The molecule has 0 spiro atoms. The Bertz CT molecular complexity index is 180. The van der Waals surface area contributed by atoms with Gasteiger partial charge in [-0.1, -0.05) is 0 Å². The molecule has 0 aliphatic rings. The summed E-state index contributed by atoms with van der Waals surface area (Å²) < 4.78 is 4.50. The zero-order valence-electron chi connectivity index (χ0n) is 4.57. The highest BCUT2D eigenvalue weighted by atomic mass is 16.4. The number of rotatable bonds is 1. The number of carboxylic acids is 1. The Hall–Kier alpha value is -1.19. The van der Waals surface area contributed by atoms with Gasteiger partial charge in [0.15, 0.2) is 0 Å². The SMILES string of the molecule is O=C(O)c1ccco1.[B]. The summed E-state index contributed by atoms with van der Waals surface area (Å²) in [4.78, 5) is 9.97. The zero-order valence-corrected chi connectivity index (χ0v) is 4.57. The van der Waals surface area contributed by atoms with Crippen LogP contribution in [0.1, 0.15) is 10.6 Å². The van der Waals surface area contributed by atoms with E-state index >= 15 is 0 Å². The maximum Gasteiger partial charge on any atom is 0.371 e. The molecular formula is C5H4BO3. The molecule has 3 nitrogen and oxygen atoms in total. The highest BCUT2D eigenvalue weighted by Crippen LogP contribution is 1.97. The Morgan fingerprint density at radius 3 is 2.56 bits per heavy atom. The fourth-order valence-electron chi connectivity index (χ4n) is 0.400. The quantitative estimate of drug-likeness (QED) is 0.556. The lowest BCUT2D eigenvalue weighted by molar-refractivity contribution is 0.0662. The molecule has 3 radical (unpaired) electrons. The first-order valence-electron chi connectivity index (χ1n) is 2.07. The predicted octanol–water partition coefficient (Wildman–Crippen LogP) is 0.597. The molecule has 45 valence electrons. The Kier molecular flexibility index (Phi) is 2.58. The van der Waals surface area contributed by atoms with Crippen LogP contribution in [0.4, 0.5) is 0 Å². The number of hydrogen-bond donors (Lipinski definition) is 1. The van der Waals surface area contributed by atoms with E-state index in [2.05, 4.69) is 4.42 Å². The number of carboxylic acid groups (broad SMARTS) is 1. The molecule has 0 saturated carbocycles. The number of aromatic carboxylic acids is 1. The zero-order chi connectivity index (χ0) is 5.98. The van der Waals surface area contributed by atoms with Crippen molar-refractivity contribution < 1.29 is 14.3 Å². The van der Waals surface area contributed by atoms with Crippen molar-refractivity contribution in [1.29, 1.82) is 0 Å². The molecule has 0 atom stereocenters. The molecule has 1 rings (SSSR count). The highest BCUT2D eigenvalue weighted by Gasteiger charge is 2.01. The van der Waals surface area contributed by atoms with Crippen molar-refractivity contribution >= 4 is 14.4 Å². The summed E-state index contributed by atoms with van der Waals surface area (Å²) >= 11 is 0. The maximum atomic E-state index is 9.97. The largest absolute Gasteiger partial charge is 0.475 e. The van der Waals surface area contributed by atoms with Crippen molar-refractivity contribution in [1.82, 2.24) is 0 Å². The van der Waals surface area contributed by atoms with E-state index in [1.165, 1.54) is 18.4 Å². The van der Waals surface area contributed by atoms with Gasteiger partial charge in [-0.15, -0.1) is 0 Å². The first-order valence-corrected chi connectivity index (χ1v) is 2.07. The molecule has 0 saturated heterocycles. The van der Waals surface area contributed by atoms with Crippen LogP contribution < -0.4 is 0 Å². The minimum absolute atomic E-state index is 0. The number of furan rings is 1. The van der Waals surface area contributed by atoms with Crippen LogP contribution in [-0.4, -0.2) is 19.5 Å². The lowest BCUT2D eigenvalue weighted by Gasteiger charge is -1.79. The van der Waals surface area contributed by atoms with Crippen molar-refractivity contribution in [2.45, 2.75) is 0 Å². The summed E-state index contributed by atoms with van der Waals surface area (Å²) in [5, 5.41) is 8.18. The second-order valence-corrected chi connectivity index (χ2v) is 1.28. The average molecular weight is 123 g/mol. The summed E-state index contributed by atoms with van der Waals surface area (Å²) in [7, 11) is 0. The van der Waals surface area contributed by atoms with Gasteiger partial charge in [-0.05, 0) is 12.1 Å². The minimum atomic E-state index is -1.03. The standard InChI is InChI=1S/C5H4O3.B/c6-5(7)4-2-1-3-8-4;/h1-3H,(H,6,7);. The van der Waals surface area contributed by atoms with Crippen LogP contribution in [0.25, 0.3) is 0 Å². The fourth-order valence-corrected chi connectivity index (χ4v) is 0.400. The third kappa shape index (κ3) is 1.64. The van der Waals surface area contributed by atoms with Gasteiger partial charge in [-0.2, -0.15) is 0 Å².